The van der Waals surface area contributed by atoms with E-state index in [0.717, 1.165) is 5.56 Å². The van der Waals surface area contributed by atoms with Gasteiger partial charge >= 0.3 is 0 Å². The second-order valence-corrected chi connectivity index (χ2v) is 8.53. The van der Waals surface area contributed by atoms with Crippen LogP contribution < -0.4 is 25.0 Å². The number of halogens is 1. The number of hydrazone groups is 1. The van der Waals surface area contributed by atoms with Gasteiger partial charge in [-0.05, 0) is 63.5 Å². The Balaban J connectivity index is 1.52. The predicted molar refractivity (Wildman–Crippen MR) is 143 cm³/mol. The molecule has 0 heterocycles. The summed E-state index contributed by atoms with van der Waals surface area (Å²) in [6.45, 7) is 0.287. The Hall–Kier alpha value is -4.36. The van der Waals surface area contributed by atoms with E-state index in [2.05, 4.69) is 37.8 Å². The summed E-state index contributed by atoms with van der Waals surface area (Å²) >= 11 is 3.48. The van der Waals surface area contributed by atoms with E-state index < -0.39 is 5.91 Å². The van der Waals surface area contributed by atoms with Gasteiger partial charge in [-0.25, -0.2) is 5.43 Å². The Morgan fingerprint density at radius 3 is 2.41 bits per heavy atom. The van der Waals surface area contributed by atoms with Crippen molar-refractivity contribution in [3.63, 3.8) is 0 Å². The number of benzene rings is 3. The highest BCUT2D eigenvalue weighted by atomic mass is 79.9. The molecule has 0 aliphatic carbocycles. The maximum absolute atomic E-state index is 12.2. The number of nitriles is 1. The third kappa shape index (κ3) is 8.08. The zero-order valence-electron chi connectivity index (χ0n) is 20.3. The molecular formula is C27H25BrN4O5. The monoisotopic (exact) mass is 564 g/mol. The second-order valence-electron chi connectivity index (χ2n) is 7.67. The minimum atomic E-state index is -0.403. The van der Waals surface area contributed by atoms with Crippen LogP contribution in [0.1, 0.15) is 29.5 Å². The van der Waals surface area contributed by atoms with Gasteiger partial charge in [-0.3, -0.25) is 9.59 Å². The molecule has 3 rings (SSSR count). The number of nitrogens with one attached hydrogen (secondary N) is 2. The van der Waals surface area contributed by atoms with Crippen molar-refractivity contribution in [2.24, 2.45) is 5.10 Å². The van der Waals surface area contributed by atoms with Gasteiger partial charge < -0.3 is 19.5 Å². The van der Waals surface area contributed by atoms with E-state index in [1.165, 1.54) is 20.4 Å². The third-order valence-corrected chi connectivity index (χ3v) is 5.67. The summed E-state index contributed by atoms with van der Waals surface area (Å²) in [4.78, 5) is 24.3. The highest BCUT2D eigenvalue weighted by Crippen LogP contribution is 2.37. The van der Waals surface area contributed by atoms with Crippen LogP contribution in [0.25, 0.3) is 0 Å². The van der Waals surface area contributed by atoms with Crippen LogP contribution in [0.3, 0.4) is 0 Å². The smallest absolute Gasteiger partial charge is 0.240 e. The number of hydrogen-bond donors (Lipinski definition) is 2. The van der Waals surface area contributed by atoms with Gasteiger partial charge in [0, 0.05) is 12.8 Å². The van der Waals surface area contributed by atoms with Crippen molar-refractivity contribution in [1.82, 2.24) is 5.43 Å². The van der Waals surface area contributed by atoms with Crippen molar-refractivity contribution in [2.45, 2.75) is 19.4 Å². The molecule has 0 unspecified atom stereocenters. The Labute approximate surface area is 223 Å². The minimum Gasteiger partial charge on any atom is -0.495 e. The van der Waals surface area contributed by atoms with Crippen molar-refractivity contribution in [3.8, 4) is 23.3 Å². The van der Waals surface area contributed by atoms with E-state index in [4.69, 9.17) is 19.5 Å². The molecule has 3 aromatic rings. The molecule has 37 heavy (non-hydrogen) atoms. The second kappa shape index (κ2) is 13.7. The van der Waals surface area contributed by atoms with Crippen LogP contribution in [-0.2, 0) is 16.2 Å². The molecule has 10 heteroatoms. The lowest BCUT2D eigenvalue weighted by atomic mass is 10.1. The van der Waals surface area contributed by atoms with Gasteiger partial charge in [-0.15, -0.1) is 0 Å². The normalized spacial score (nSPS) is 10.4. The summed E-state index contributed by atoms with van der Waals surface area (Å²) in [7, 11) is 3.04. The fourth-order valence-corrected chi connectivity index (χ4v) is 3.78. The molecule has 2 N–H and O–H groups in total. The summed E-state index contributed by atoms with van der Waals surface area (Å²) in [5.41, 5.74) is 5.09. The van der Waals surface area contributed by atoms with Crippen molar-refractivity contribution < 1.29 is 23.8 Å². The molecule has 0 radical (unpaired) electrons. The molecule has 0 saturated carbocycles. The number of carbonyl (C=O) groups is 2. The number of amides is 2. The predicted octanol–water partition coefficient (Wildman–Crippen LogP) is 4.79. The lowest BCUT2D eigenvalue weighted by Gasteiger charge is -2.13. The molecule has 0 aliphatic rings. The summed E-state index contributed by atoms with van der Waals surface area (Å²) in [5, 5.41) is 15.6. The third-order valence-electron chi connectivity index (χ3n) is 5.08. The van der Waals surface area contributed by atoms with Gasteiger partial charge in [0.05, 0.1) is 42.2 Å². The lowest BCUT2D eigenvalue weighted by molar-refractivity contribution is -0.124. The number of rotatable bonds is 11. The fraction of sp³-hybridized carbons (Fsp3) is 0.185. The van der Waals surface area contributed by atoms with Gasteiger partial charge in [0.15, 0.2) is 11.5 Å². The minimum absolute atomic E-state index is 0.00987. The molecule has 0 aromatic heterocycles. The number of carbonyl (C=O) groups excluding carboxylic acids is 2. The highest BCUT2D eigenvalue weighted by molar-refractivity contribution is 9.10. The molecule has 0 fully saturated rings. The van der Waals surface area contributed by atoms with E-state index >= 15 is 0 Å². The van der Waals surface area contributed by atoms with Gasteiger partial charge in [-0.1, -0.05) is 24.3 Å². The number of para-hydroxylation sites is 2. The van der Waals surface area contributed by atoms with E-state index in [9.17, 15) is 9.59 Å². The average Bonchev–Trinajstić information content (AvgIpc) is 2.91. The van der Waals surface area contributed by atoms with Crippen molar-refractivity contribution in [1.29, 1.82) is 5.26 Å². The van der Waals surface area contributed by atoms with E-state index in [1.54, 1.807) is 48.5 Å². The zero-order chi connectivity index (χ0) is 26.6. The number of nitrogens with zero attached hydrogens (tertiary/aromatic N) is 2. The maximum atomic E-state index is 12.2. The van der Waals surface area contributed by atoms with Crippen molar-refractivity contribution in [3.05, 3.63) is 81.8 Å². The van der Waals surface area contributed by atoms with Gasteiger partial charge in [-0.2, -0.15) is 10.4 Å². The van der Waals surface area contributed by atoms with Crippen LogP contribution in [0.5, 0.6) is 17.2 Å². The number of anilines is 1. The number of methoxy groups -OCH3 is 2. The topological polar surface area (TPSA) is 122 Å². The summed E-state index contributed by atoms with van der Waals surface area (Å²) < 4.78 is 17.2. The molecule has 0 saturated heterocycles. The Morgan fingerprint density at radius 2 is 1.70 bits per heavy atom. The molecule has 0 spiro atoms. The van der Waals surface area contributed by atoms with E-state index in [1.807, 2.05) is 12.1 Å². The standard InChI is InChI=1S/C27H25BrN4O5/c1-35-23-6-4-3-5-22(23)31-25(33)11-12-26(34)32-30-16-20-13-21(28)27(24(14-20)36-2)37-17-19-9-7-18(15-29)8-10-19/h3-10,13-14,16H,11-12,17H2,1-2H3,(H,31,33)(H,32,34). The molecule has 9 nitrogen and oxygen atoms in total. The van der Waals surface area contributed by atoms with Gasteiger partial charge in [0.1, 0.15) is 12.4 Å². The van der Waals surface area contributed by atoms with Gasteiger partial charge in [0.25, 0.3) is 0 Å². The van der Waals surface area contributed by atoms with Crippen molar-refractivity contribution in [2.75, 3.05) is 19.5 Å². The molecular weight excluding hydrogens is 540 g/mol. The highest BCUT2D eigenvalue weighted by Gasteiger charge is 2.12. The SMILES string of the molecule is COc1ccccc1NC(=O)CCC(=O)NN=Cc1cc(Br)c(OCc2ccc(C#N)cc2)c(OC)c1. The molecule has 3 aromatic carbocycles. The summed E-state index contributed by atoms with van der Waals surface area (Å²) in [6, 6.07) is 19.7. The first-order chi connectivity index (χ1) is 17.9. The quantitative estimate of drug-likeness (QED) is 0.255. The Kier molecular flexibility index (Phi) is 10.0. The lowest BCUT2D eigenvalue weighted by Crippen LogP contribution is -2.20. The van der Waals surface area contributed by atoms with Crippen LogP contribution in [-0.4, -0.2) is 32.2 Å². The van der Waals surface area contributed by atoms with E-state index in [0.29, 0.717) is 38.5 Å². The van der Waals surface area contributed by atoms with Gasteiger partial charge in [0.2, 0.25) is 11.8 Å². The van der Waals surface area contributed by atoms with Crippen LogP contribution in [0.4, 0.5) is 5.69 Å². The molecule has 0 bridgehead atoms. The first-order valence-electron chi connectivity index (χ1n) is 11.2. The number of hydrogen-bond acceptors (Lipinski definition) is 7. The van der Waals surface area contributed by atoms with Crippen molar-refractivity contribution >= 4 is 39.6 Å². The molecule has 2 amide bonds. The molecule has 190 valence electrons. The first kappa shape index (κ1) is 27.2. The zero-order valence-corrected chi connectivity index (χ0v) is 21.9. The summed E-state index contributed by atoms with van der Waals surface area (Å²) in [5.74, 6) is 0.809. The Morgan fingerprint density at radius 1 is 1.00 bits per heavy atom. The maximum Gasteiger partial charge on any atom is 0.240 e. The first-order valence-corrected chi connectivity index (χ1v) is 12.0. The summed E-state index contributed by atoms with van der Waals surface area (Å²) in [6.07, 6.45) is 1.42. The molecule has 0 aliphatic heterocycles. The molecule has 0 atom stereocenters. The van der Waals surface area contributed by atoms with Crippen LogP contribution in [0.15, 0.2) is 70.2 Å². The van der Waals surface area contributed by atoms with Crippen LogP contribution in [0, 0.1) is 11.3 Å². The largest absolute Gasteiger partial charge is 0.495 e. The van der Waals surface area contributed by atoms with E-state index in [-0.39, 0.29) is 25.4 Å². The van der Waals surface area contributed by atoms with Crippen LogP contribution in [0.2, 0.25) is 0 Å². The van der Waals surface area contributed by atoms with Crippen LogP contribution >= 0.6 is 15.9 Å². The number of ether oxygens (including phenoxy) is 3. The fourth-order valence-electron chi connectivity index (χ4n) is 3.21. The average molecular weight is 565 g/mol. The Bertz CT molecular complexity index is 1320.